The molecule has 0 saturated carbocycles. The number of likely N-dealkylation sites (tertiary alicyclic amines) is 1. The summed E-state index contributed by atoms with van der Waals surface area (Å²) < 4.78 is 0. The number of hydrogen-bond acceptors (Lipinski definition) is 3. The smallest absolute Gasteiger partial charge is 0.324 e. The van der Waals surface area contributed by atoms with Gasteiger partial charge in [0.25, 0.3) is 0 Å². The predicted octanol–water partition coefficient (Wildman–Crippen LogP) is 1.13. The lowest BCUT2D eigenvalue weighted by Crippen LogP contribution is -2.46. The molecule has 0 bridgehead atoms. The fraction of sp³-hybridized carbons (Fsp3) is 0.471. The summed E-state index contributed by atoms with van der Waals surface area (Å²) >= 11 is 0. The first kappa shape index (κ1) is 16.3. The first-order chi connectivity index (χ1) is 11.6. The van der Waals surface area contributed by atoms with Crippen LogP contribution in [0.4, 0.5) is 9.59 Å². The Kier molecular flexibility index (Phi) is 4.98. The number of piperidine rings is 1. The number of nitrogens with one attached hydrogen (secondary N) is 2. The number of carbonyl (C=O) groups is 3. The van der Waals surface area contributed by atoms with E-state index in [1.807, 2.05) is 18.2 Å². The van der Waals surface area contributed by atoms with E-state index in [2.05, 4.69) is 22.8 Å². The minimum Gasteiger partial charge on any atom is -0.336 e. The number of imide groups is 1. The Morgan fingerprint density at radius 2 is 1.88 bits per heavy atom. The summed E-state index contributed by atoms with van der Waals surface area (Å²) in [5.41, 5.74) is 1.33. The van der Waals surface area contributed by atoms with Crippen molar-refractivity contribution in [2.45, 2.75) is 18.8 Å². The molecule has 0 spiro atoms. The highest BCUT2D eigenvalue weighted by atomic mass is 16.2. The molecule has 128 valence electrons. The quantitative estimate of drug-likeness (QED) is 0.812. The molecule has 2 aliphatic rings. The Bertz CT molecular complexity index is 596. The summed E-state index contributed by atoms with van der Waals surface area (Å²) in [4.78, 5) is 38.0. The van der Waals surface area contributed by atoms with Crippen LogP contribution in [0.3, 0.4) is 0 Å². The van der Waals surface area contributed by atoms with E-state index >= 15 is 0 Å². The molecule has 0 radical (unpaired) electrons. The molecular weight excluding hydrogens is 308 g/mol. The fourth-order valence-electron chi connectivity index (χ4n) is 3.21. The normalized spacial score (nSPS) is 18.7. The van der Waals surface area contributed by atoms with Crippen LogP contribution in [-0.4, -0.2) is 60.5 Å². The van der Waals surface area contributed by atoms with Crippen molar-refractivity contribution in [3.8, 4) is 0 Å². The highest BCUT2D eigenvalue weighted by Gasteiger charge is 2.28. The molecule has 24 heavy (non-hydrogen) atoms. The van der Waals surface area contributed by atoms with Crippen LogP contribution in [0.25, 0.3) is 0 Å². The number of hydrogen-bond donors (Lipinski definition) is 2. The predicted molar refractivity (Wildman–Crippen MR) is 88.5 cm³/mol. The van der Waals surface area contributed by atoms with Crippen LogP contribution in [-0.2, 0) is 4.79 Å². The molecule has 3 rings (SSSR count). The van der Waals surface area contributed by atoms with Gasteiger partial charge >= 0.3 is 12.1 Å². The first-order valence-electron chi connectivity index (χ1n) is 8.31. The van der Waals surface area contributed by atoms with Crippen LogP contribution in [0.2, 0.25) is 0 Å². The van der Waals surface area contributed by atoms with Crippen molar-refractivity contribution in [2.75, 3.05) is 32.7 Å². The number of urea groups is 2. The summed E-state index contributed by atoms with van der Waals surface area (Å²) in [5, 5.41) is 5.24. The molecule has 2 saturated heterocycles. The molecule has 5 amide bonds. The summed E-state index contributed by atoms with van der Waals surface area (Å²) in [6.07, 6.45) is 1.90. The second kappa shape index (κ2) is 7.33. The topological polar surface area (TPSA) is 81.8 Å². The third kappa shape index (κ3) is 3.67. The average Bonchev–Trinajstić information content (AvgIpc) is 2.94. The molecule has 1 aromatic carbocycles. The Labute approximate surface area is 141 Å². The monoisotopic (exact) mass is 330 g/mol. The molecule has 2 heterocycles. The molecule has 2 N–H and O–H groups in total. The van der Waals surface area contributed by atoms with E-state index in [4.69, 9.17) is 0 Å². The van der Waals surface area contributed by atoms with E-state index in [0.717, 1.165) is 17.7 Å². The van der Waals surface area contributed by atoms with Gasteiger partial charge in [-0.2, -0.15) is 0 Å². The lowest BCUT2D eigenvalue weighted by molar-refractivity contribution is -0.124. The van der Waals surface area contributed by atoms with Gasteiger partial charge in [0.05, 0.1) is 6.54 Å². The van der Waals surface area contributed by atoms with E-state index in [1.54, 1.807) is 4.90 Å². The van der Waals surface area contributed by atoms with E-state index in [1.165, 1.54) is 5.56 Å². The molecule has 0 aliphatic carbocycles. The van der Waals surface area contributed by atoms with E-state index in [0.29, 0.717) is 19.0 Å². The lowest BCUT2D eigenvalue weighted by Gasteiger charge is -2.32. The molecule has 1 aromatic rings. The number of benzene rings is 1. The van der Waals surface area contributed by atoms with Gasteiger partial charge in [-0.1, -0.05) is 30.3 Å². The second-order valence-electron chi connectivity index (χ2n) is 6.11. The van der Waals surface area contributed by atoms with Gasteiger partial charge in [0.1, 0.15) is 0 Å². The van der Waals surface area contributed by atoms with Crippen molar-refractivity contribution < 1.29 is 14.4 Å². The van der Waals surface area contributed by atoms with Crippen LogP contribution >= 0.6 is 0 Å². The van der Waals surface area contributed by atoms with Crippen LogP contribution < -0.4 is 10.6 Å². The molecule has 0 aromatic heterocycles. The summed E-state index contributed by atoms with van der Waals surface area (Å²) in [5.74, 6) is 0.249. The zero-order chi connectivity index (χ0) is 16.9. The van der Waals surface area contributed by atoms with Gasteiger partial charge in [-0.25, -0.2) is 9.59 Å². The fourth-order valence-corrected chi connectivity index (χ4v) is 3.21. The van der Waals surface area contributed by atoms with Gasteiger partial charge in [-0.15, -0.1) is 0 Å². The van der Waals surface area contributed by atoms with Crippen LogP contribution in [0, 0.1) is 0 Å². The maximum Gasteiger partial charge on any atom is 0.324 e. The minimum absolute atomic E-state index is 0.0414. The van der Waals surface area contributed by atoms with Gasteiger partial charge in [-0.3, -0.25) is 9.69 Å². The lowest BCUT2D eigenvalue weighted by atomic mass is 9.90. The van der Waals surface area contributed by atoms with Gasteiger partial charge in [0, 0.05) is 26.2 Å². The Balaban J connectivity index is 1.41. The standard InChI is InChI=1S/C17H22N4O3/c22-15-12-19-17(24)21(15)11-8-18-16(23)20-9-6-14(7-10-20)13-4-2-1-3-5-13/h1-5,14H,6-12H2,(H,18,23)(H,19,24). The van der Waals surface area contributed by atoms with Gasteiger partial charge < -0.3 is 15.5 Å². The summed E-state index contributed by atoms with van der Waals surface area (Å²) in [7, 11) is 0. The third-order valence-electron chi connectivity index (χ3n) is 4.60. The van der Waals surface area contributed by atoms with E-state index < -0.39 is 6.03 Å². The second-order valence-corrected chi connectivity index (χ2v) is 6.11. The van der Waals surface area contributed by atoms with E-state index in [9.17, 15) is 14.4 Å². The summed E-state index contributed by atoms with van der Waals surface area (Å²) in [6.45, 7) is 1.95. The number of rotatable bonds is 4. The van der Waals surface area contributed by atoms with E-state index in [-0.39, 0.29) is 31.6 Å². The number of nitrogens with zero attached hydrogens (tertiary/aromatic N) is 2. The van der Waals surface area contributed by atoms with Gasteiger partial charge in [0.15, 0.2) is 0 Å². The van der Waals surface area contributed by atoms with Crippen LogP contribution in [0.1, 0.15) is 24.3 Å². The Hall–Kier alpha value is -2.57. The highest BCUT2D eigenvalue weighted by Crippen LogP contribution is 2.27. The van der Waals surface area contributed by atoms with Crippen molar-refractivity contribution in [3.05, 3.63) is 35.9 Å². The Morgan fingerprint density at radius 1 is 1.17 bits per heavy atom. The SMILES string of the molecule is O=C(NCCN1C(=O)CNC1=O)N1CCC(c2ccccc2)CC1. The molecular formula is C17H22N4O3. The number of amides is 5. The van der Waals surface area contributed by atoms with Crippen LogP contribution in [0.5, 0.6) is 0 Å². The largest absolute Gasteiger partial charge is 0.336 e. The van der Waals surface area contributed by atoms with Crippen molar-refractivity contribution in [1.29, 1.82) is 0 Å². The van der Waals surface area contributed by atoms with Crippen molar-refractivity contribution >= 4 is 18.0 Å². The number of carbonyl (C=O) groups excluding carboxylic acids is 3. The van der Waals surface area contributed by atoms with Gasteiger partial charge in [0.2, 0.25) is 5.91 Å². The van der Waals surface area contributed by atoms with Crippen molar-refractivity contribution in [3.63, 3.8) is 0 Å². The minimum atomic E-state index is -0.391. The first-order valence-corrected chi connectivity index (χ1v) is 8.31. The molecule has 0 unspecified atom stereocenters. The molecule has 7 heteroatoms. The van der Waals surface area contributed by atoms with Crippen molar-refractivity contribution in [1.82, 2.24) is 20.4 Å². The average molecular weight is 330 g/mol. The highest BCUT2D eigenvalue weighted by molar-refractivity contribution is 6.01. The molecule has 0 atom stereocenters. The van der Waals surface area contributed by atoms with Crippen LogP contribution in [0.15, 0.2) is 30.3 Å². The maximum atomic E-state index is 12.2. The summed E-state index contributed by atoms with van der Waals surface area (Å²) in [6, 6.07) is 9.86. The maximum absolute atomic E-state index is 12.2. The third-order valence-corrected chi connectivity index (χ3v) is 4.60. The molecule has 2 fully saturated rings. The zero-order valence-corrected chi connectivity index (χ0v) is 13.5. The molecule has 2 aliphatic heterocycles. The van der Waals surface area contributed by atoms with Crippen molar-refractivity contribution in [2.24, 2.45) is 0 Å². The molecule has 7 nitrogen and oxygen atoms in total. The zero-order valence-electron chi connectivity index (χ0n) is 13.5. The van der Waals surface area contributed by atoms with Gasteiger partial charge in [-0.05, 0) is 24.3 Å². The Morgan fingerprint density at radius 3 is 2.50 bits per heavy atom.